The summed E-state index contributed by atoms with van der Waals surface area (Å²) in [6, 6.07) is 10.6. The van der Waals surface area contributed by atoms with Crippen LogP contribution in [0.2, 0.25) is 0 Å². The van der Waals surface area contributed by atoms with Crippen LogP contribution in [0.4, 0.5) is 4.39 Å². The van der Waals surface area contributed by atoms with E-state index in [4.69, 9.17) is 4.42 Å². The Labute approximate surface area is 114 Å². The van der Waals surface area contributed by atoms with Gasteiger partial charge in [0, 0.05) is 29.1 Å². The van der Waals surface area contributed by atoms with E-state index in [9.17, 15) is 4.39 Å². The number of nitrogens with zero attached hydrogens (tertiary/aromatic N) is 1. The summed E-state index contributed by atoms with van der Waals surface area (Å²) in [5.74, 6) is -0.251. The Morgan fingerprint density at radius 1 is 1.05 bits per heavy atom. The van der Waals surface area contributed by atoms with Gasteiger partial charge in [0.05, 0.1) is 6.33 Å². The van der Waals surface area contributed by atoms with Gasteiger partial charge in [-0.25, -0.2) is 9.37 Å². The maximum Gasteiger partial charge on any atom is 0.135 e. The largest absolute Gasteiger partial charge is 0.456 e. The van der Waals surface area contributed by atoms with Gasteiger partial charge in [0.15, 0.2) is 0 Å². The maximum atomic E-state index is 13.4. The van der Waals surface area contributed by atoms with Gasteiger partial charge in [-0.3, -0.25) is 0 Å². The van der Waals surface area contributed by atoms with Crippen molar-refractivity contribution in [1.29, 1.82) is 0 Å². The summed E-state index contributed by atoms with van der Waals surface area (Å²) in [5.41, 5.74) is 3.66. The standard InChI is InChI=1S/C16H11FN2O/c17-11-2-4-16-14(7-11)13-6-10(1-3-15(13)20-16)5-12-8-18-9-19-12/h1-4,6-9H,5H2,(H,18,19). The van der Waals surface area contributed by atoms with E-state index in [1.165, 1.54) is 12.1 Å². The molecule has 2 aromatic carbocycles. The van der Waals surface area contributed by atoms with Crippen LogP contribution in [0.5, 0.6) is 0 Å². The minimum atomic E-state index is -0.251. The zero-order chi connectivity index (χ0) is 13.5. The lowest BCUT2D eigenvalue weighted by atomic mass is 10.1. The number of hydrogen-bond acceptors (Lipinski definition) is 2. The molecular weight excluding hydrogens is 255 g/mol. The van der Waals surface area contributed by atoms with Gasteiger partial charge in [-0.05, 0) is 35.9 Å². The minimum absolute atomic E-state index is 0.251. The lowest BCUT2D eigenvalue weighted by molar-refractivity contribution is 0.626. The van der Waals surface area contributed by atoms with Crippen molar-refractivity contribution < 1.29 is 8.81 Å². The van der Waals surface area contributed by atoms with Crippen LogP contribution in [0.25, 0.3) is 21.9 Å². The Kier molecular flexibility index (Phi) is 2.36. The number of halogens is 1. The fourth-order valence-electron chi connectivity index (χ4n) is 2.51. The number of aromatic amines is 1. The average molecular weight is 266 g/mol. The van der Waals surface area contributed by atoms with Crippen molar-refractivity contribution in [3.05, 3.63) is 66.0 Å². The third-order valence-electron chi connectivity index (χ3n) is 3.45. The Morgan fingerprint density at radius 3 is 2.65 bits per heavy atom. The summed E-state index contributed by atoms with van der Waals surface area (Å²) >= 11 is 0. The molecule has 3 nitrogen and oxygen atoms in total. The van der Waals surface area contributed by atoms with Crippen LogP contribution in [0.15, 0.2) is 53.3 Å². The van der Waals surface area contributed by atoms with Gasteiger partial charge in [0.25, 0.3) is 0 Å². The van der Waals surface area contributed by atoms with Crippen molar-refractivity contribution >= 4 is 21.9 Å². The first-order chi connectivity index (χ1) is 9.79. The van der Waals surface area contributed by atoms with Gasteiger partial charge in [-0.1, -0.05) is 6.07 Å². The molecular formula is C16H11FN2O. The molecule has 1 N–H and O–H groups in total. The Balaban J connectivity index is 1.88. The highest BCUT2D eigenvalue weighted by molar-refractivity contribution is 6.05. The summed E-state index contributed by atoms with van der Waals surface area (Å²) in [5, 5.41) is 1.75. The molecule has 0 aliphatic heterocycles. The van der Waals surface area contributed by atoms with Gasteiger partial charge < -0.3 is 9.40 Å². The summed E-state index contributed by atoms with van der Waals surface area (Å²) in [6.07, 6.45) is 4.23. The van der Waals surface area contributed by atoms with E-state index in [2.05, 4.69) is 9.97 Å². The Hall–Kier alpha value is -2.62. The monoisotopic (exact) mass is 266 g/mol. The summed E-state index contributed by atoms with van der Waals surface area (Å²) < 4.78 is 19.1. The quantitative estimate of drug-likeness (QED) is 0.595. The van der Waals surface area contributed by atoms with Gasteiger partial charge in [-0.15, -0.1) is 0 Å². The molecule has 4 rings (SSSR count). The third kappa shape index (κ3) is 1.77. The van der Waals surface area contributed by atoms with E-state index >= 15 is 0 Å². The van der Waals surface area contributed by atoms with E-state index in [1.54, 1.807) is 18.6 Å². The first kappa shape index (κ1) is 11.2. The highest BCUT2D eigenvalue weighted by Crippen LogP contribution is 2.30. The minimum Gasteiger partial charge on any atom is -0.456 e. The molecule has 4 heteroatoms. The molecule has 0 atom stereocenters. The molecule has 2 aromatic heterocycles. The molecule has 0 aliphatic rings. The second-order valence-electron chi connectivity index (χ2n) is 4.83. The second kappa shape index (κ2) is 4.20. The lowest BCUT2D eigenvalue weighted by Gasteiger charge is -1.99. The van der Waals surface area contributed by atoms with Crippen LogP contribution in [-0.4, -0.2) is 9.97 Å². The normalized spacial score (nSPS) is 11.4. The third-order valence-corrected chi connectivity index (χ3v) is 3.45. The zero-order valence-corrected chi connectivity index (χ0v) is 10.6. The number of aromatic nitrogens is 2. The summed E-state index contributed by atoms with van der Waals surface area (Å²) in [6.45, 7) is 0. The molecule has 0 saturated heterocycles. The average Bonchev–Trinajstić information content (AvgIpc) is 3.06. The molecule has 98 valence electrons. The number of hydrogen-bond donors (Lipinski definition) is 1. The van der Waals surface area contributed by atoms with Crippen molar-refractivity contribution in [3.63, 3.8) is 0 Å². The molecule has 0 amide bonds. The number of fused-ring (bicyclic) bond motifs is 3. The predicted octanol–water partition coefficient (Wildman–Crippen LogP) is 4.04. The Morgan fingerprint density at radius 2 is 1.85 bits per heavy atom. The number of rotatable bonds is 2. The Bertz CT molecular complexity index is 894. The highest BCUT2D eigenvalue weighted by atomic mass is 19.1. The van der Waals surface area contributed by atoms with E-state index < -0.39 is 0 Å². The first-order valence-electron chi connectivity index (χ1n) is 6.37. The fraction of sp³-hybridized carbons (Fsp3) is 0.0625. The van der Waals surface area contributed by atoms with E-state index in [0.717, 1.165) is 34.0 Å². The van der Waals surface area contributed by atoms with Crippen molar-refractivity contribution in [3.8, 4) is 0 Å². The maximum absolute atomic E-state index is 13.4. The van der Waals surface area contributed by atoms with Gasteiger partial charge in [-0.2, -0.15) is 0 Å². The molecule has 0 fully saturated rings. The second-order valence-corrected chi connectivity index (χ2v) is 4.83. The zero-order valence-electron chi connectivity index (χ0n) is 10.6. The van der Waals surface area contributed by atoms with Crippen molar-refractivity contribution in [2.45, 2.75) is 6.42 Å². The topological polar surface area (TPSA) is 41.8 Å². The molecule has 2 heterocycles. The number of H-pyrrole nitrogens is 1. The molecule has 0 radical (unpaired) electrons. The van der Waals surface area contributed by atoms with E-state index in [-0.39, 0.29) is 5.82 Å². The van der Waals surface area contributed by atoms with Gasteiger partial charge in [0.1, 0.15) is 17.0 Å². The van der Waals surface area contributed by atoms with Crippen LogP contribution < -0.4 is 0 Å². The molecule has 0 unspecified atom stereocenters. The molecule has 20 heavy (non-hydrogen) atoms. The summed E-state index contributed by atoms with van der Waals surface area (Å²) in [7, 11) is 0. The van der Waals surface area contributed by atoms with Crippen LogP contribution in [0.3, 0.4) is 0 Å². The van der Waals surface area contributed by atoms with Crippen LogP contribution in [-0.2, 0) is 6.42 Å². The van der Waals surface area contributed by atoms with Crippen LogP contribution >= 0.6 is 0 Å². The molecule has 4 aromatic rings. The SMILES string of the molecule is Fc1ccc2oc3ccc(Cc4cnc[nH]4)cc3c2c1. The molecule has 0 bridgehead atoms. The van der Waals surface area contributed by atoms with Gasteiger partial charge >= 0.3 is 0 Å². The number of benzene rings is 2. The first-order valence-corrected chi connectivity index (χ1v) is 6.37. The van der Waals surface area contributed by atoms with Gasteiger partial charge in [0.2, 0.25) is 0 Å². The highest BCUT2D eigenvalue weighted by Gasteiger charge is 2.09. The lowest BCUT2D eigenvalue weighted by Crippen LogP contribution is -1.87. The van der Waals surface area contributed by atoms with Crippen molar-refractivity contribution in [2.24, 2.45) is 0 Å². The van der Waals surface area contributed by atoms with Crippen molar-refractivity contribution in [2.75, 3.05) is 0 Å². The van der Waals surface area contributed by atoms with E-state index in [0.29, 0.717) is 5.58 Å². The predicted molar refractivity (Wildman–Crippen MR) is 75.1 cm³/mol. The number of imidazole rings is 1. The van der Waals surface area contributed by atoms with Crippen LogP contribution in [0, 0.1) is 5.82 Å². The van der Waals surface area contributed by atoms with Crippen molar-refractivity contribution in [1.82, 2.24) is 9.97 Å². The molecule has 0 aliphatic carbocycles. The van der Waals surface area contributed by atoms with E-state index in [1.807, 2.05) is 18.2 Å². The summed E-state index contributed by atoms with van der Waals surface area (Å²) in [4.78, 5) is 7.09. The number of nitrogens with one attached hydrogen (secondary N) is 1. The smallest absolute Gasteiger partial charge is 0.135 e. The number of furan rings is 1. The van der Waals surface area contributed by atoms with Crippen LogP contribution in [0.1, 0.15) is 11.3 Å². The molecule has 0 saturated carbocycles. The fourth-order valence-corrected chi connectivity index (χ4v) is 2.51. The molecule has 0 spiro atoms.